The molecule has 1 unspecified atom stereocenters. The number of hydrogen-bond donors (Lipinski definition) is 1. The van der Waals surface area contributed by atoms with Gasteiger partial charge in [-0.1, -0.05) is 24.3 Å². The first-order valence-corrected chi connectivity index (χ1v) is 10.5. The smallest absolute Gasteiger partial charge is 0.161 e. The minimum atomic E-state index is -1.08. The molecule has 0 saturated carbocycles. The third-order valence-electron chi connectivity index (χ3n) is 6.25. The van der Waals surface area contributed by atoms with Gasteiger partial charge in [0.2, 0.25) is 0 Å². The maximum Gasteiger partial charge on any atom is 0.161 e. The highest BCUT2D eigenvalue weighted by Crippen LogP contribution is 2.47. The predicted molar refractivity (Wildman–Crippen MR) is 111 cm³/mol. The number of benzene rings is 2. The lowest BCUT2D eigenvalue weighted by Gasteiger charge is -2.44. The van der Waals surface area contributed by atoms with Crippen LogP contribution in [0.15, 0.2) is 42.5 Å². The van der Waals surface area contributed by atoms with Crippen LogP contribution in [0.3, 0.4) is 0 Å². The van der Waals surface area contributed by atoms with Crippen molar-refractivity contribution in [1.82, 2.24) is 4.90 Å². The normalized spacial score (nSPS) is 26.7. The van der Waals surface area contributed by atoms with Crippen molar-refractivity contribution in [1.29, 1.82) is 0 Å². The van der Waals surface area contributed by atoms with Crippen LogP contribution in [-0.4, -0.2) is 35.3 Å². The van der Waals surface area contributed by atoms with Crippen LogP contribution in [0, 0.1) is 5.82 Å². The lowest BCUT2D eigenvalue weighted by atomic mass is 9.80. The van der Waals surface area contributed by atoms with E-state index in [1.165, 1.54) is 6.07 Å². The second-order valence-corrected chi connectivity index (χ2v) is 8.63. The summed E-state index contributed by atoms with van der Waals surface area (Å²) >= 11 is 0. The maximum atomic E-state index is 14.4. The molecule has 156 valence electrons. The molecule has 2 aromatic carbocycles. The quantitative estimate of drug-likeness (QED) is 0.769. The molecule has 0 amide bonds. The van der Waals surface area contributed by atoms with Crippen molar-refractivity contribution in [3.63, 3.8) is 0 Å². The molecule has 2 fully saturated rings. The van der Waals surface area contributed by atoms with Gasteiger partial charge in [-0.15, -0.1) is 0 Å². The van der Waals surface area contributed by atoms with Crippen molar-refractivity contribution in [2.45, 2.75) is 69.9 Å². The second-order valence-electron chi connectivity index (χ2n) is 8.63. The topological polar surface area (TPSA) is 41.9 Å². The number of halogens is 1. The summed E-state index contributed by atoms with van der Waals surface area (Å²) in [5.74, 6) is 1.18. The first-order valence-electron chi connectivity index (χ1n) is 10.5. The Morgan fingerprint density at radius 2 is 1.79 bits per heavy atom. The van der Waals surface area contributed by atoms with E-state index in [2.05, 4.69) is 17.0 Å². The Morgan fingerprint density at radius 1 is 1.10 bits per heavy atom. The van der Waals surface area contributed by atoms with E-state index < -0.39 is 5.60 Å². The molecule has 0 aromatic heterocycles. The summed E-state index contributed by atoms with van der Waals surface area (Å²) in [6, 6.07) is 13.2. The van der Waals surface area contributed by atoms with Gasteiger partial charge < -0.3 is 14.6 Å². The molecule has 5 heteroatoms. The van der Waals surface area contributed by atoms with Crippen molar-refractivity contribution < 1.29 is 19.0 Å². The van der Waals surface area contributed by atoms with Gasteiger partial charge in [-0.2, -0.15) is 0 Å². The fourth-order valence-corrected chi connectivity index (χ4v) is 5.01. The van der Waals surface area contributed by atoms with Gasteiger partial charge in [0.15, 0.2) is 11.5 Å². The molecule has 2 aliphatic rings. The first kappa shape index (κ1) is 20.2. The molecule has 2 bridgehead atoms. The summed E-state index contributed by atoms with van der Waals surface area (Å²) < 4.78 is 25.7. The van der Waals surface area contributed by atoms with E-state index in [-0.39, 0.29) is 24.0 Å². The van der Waals surface area contributed by atoms with Crippen LogP contribution in [0.2, 0.25) is 0 Å². The van der Waals surface area contributed by atoms with Crippen molar-refractivity contribution in [3.8, 4) is 11.5 Å². The summed E-state index contributed by atoms with van der Waals surface area (Å²) in [7, 11) is 1.65. The minimum Gasteiger partial charge on any atom is -0.493 e. The van der Waals surface area contributed by atoms with E-state index in [1.807, 2.05) is 19.9 Å². The Bertz CT molecular complexity index is 855. The highest BCUT2D eigenvalue weighted by Gasteiger charge is 2.48. The van der Waals surface area contributed by atoms with E-state index in [9.17, 15) is 9.50 Å². The van der Waals surface area contributed by atoms with Crippen molar-refractivity contribution >= 4 is 0 Å². The SMILES string of the molecule is COc1ccc(CN2[C@@H]3CC[C@H]2CC(O)(c2ccccc2F)C3)cc1OC(C)C. The zero-order valence-corrected chi connectivity index (χ0v) is 17.4. The Hall–Kier alpha value is -2.11. The number of ether oxygens (including phenoxy) is 2. The minimum absolute atomic E-state index is 0.0705. The molecule has 29 heavy (non-hydrogen) atoms. The Morgan fingerprint density at radius 3 is 2.41 bits per heavy atom. The van der Waals surface area contributed by atoms with Crippen LogP contribution in [0.1, 0.15) is 50.7 Å². The average molecular weight is 400 g/mol. The van der Waals surface area contributed by atoms with Crippen LogP contribution < -0.4 is 9.47 Å². The van der Waals surface area contributed by atoms with E-state index >= 15 is 0 Å². The van der Waals surface area contributed by atoms with Gasteiger partial charge in [-0.3, -0.25) is 4.90 Å². The molecule has 1 N–H and O–H groups in total. The van der Waals surface area contributed by atoms with Crippen molar-refractivity contribution in [2.24, 2.45) is 0 Å². The molecule has 2 heterocycles. The number of methoxy groups -OCH3 is 1. The molecule has 3 atom stereocenters. The molecule has 0 radical (unpaired) electrons. The van der Waals surface area contributed by atoms with Gasteiger partial charge in [0.05, 0.1) is 18.8 Å². The molecule has 2 aromatic rings. The fraction of sp³-hybridized carbons (Fsp3) is 0.500. The summed E-state index contributed by atoms with van der Waals surface area (Å²) in [5.41, 5.74) is 0.516. The first-order chi connectivity index (χ1) is 13.9. The fourth-order valence-electron chi connectivity index (χ4n) is 5.01. The van der Waals surface area contributed by atoms with Gasteiger partial charge in [0, 0.05) is 24.2 Å². The molecular weight excluding hydrogens is 369 g/mol. The second kappa shape index (κ2) is 7.96. The lowest BCUT2D eigenvalue weighted by Crippen LogP contribution is -2.49. The highest BCUT2D eigenvalue weighted by atomic mass is 19.1. The Balaban J connectivity index is 1.53. The molecule has 0 aliphatic carbocycles. The summed E-state index contributed by atoms with van der Waals surface area (Å²) in [4.78, 5) is 2.47. The standard InChI is InChI=1S/C24H30FNO3/c1-16(2)29-23-12-17(8-11-22(23)28-3)15-26-18-9-10-19(26)14-24(27,13-18)20-6-4-5-7-21(20)25/h4-8,11-12,16,18-19,27H,9-10,13-15H2,1-3H3/t18-,19+,24?. The van der Waals surface area contributed by atoms with Crippen molar-refractivity contribution in [2.75, 3.05) is 7.11 Å². The molecule has 0 spiro atoms. The molecule has 4 rings (SSSR count). The highest BCUT2D eigenvalue weighted by molar-refractivity contribution is 5.43. The number of nitrogens with zero attached hydrogens (tertiary/aromatic N) is 1. The molecule has 2 aliphatic heterocycles. The number of aliphatic hydroxyl groups is 1. The van der Waals surface area contributed by atoms with Gasteiger partial charge in [0.1, 0.15) is 5.82 Å². The molecule has 4 nitrogen and oxygen atoms in total. The number of hydrogen-bond acceptors (Lipinski definition) is 4. The maximum absolute atomic E-state index is 14.4. The number of fused-ring (bicyclic) bond motifs is 2. The van der Waals surface area contributed by atoms with Crippen LogP contribution in [0.25, 0.3) is 0 Å². The summed E-state index contributed by atoms with van der Waals surface area (Å²) in [6.45, 7) is 4.79. The predicted octanol–water partition coefficient (Wildman–Crippen LogP) is 4.64. The summed E-state index contributed by atoms with van der Waals surface area (Å²) in [6.07, 6.45) is 3.27. The zero-order valence-electron chi connectivity index (χ0n) is 17.4. The van der Waals surface area contributed by atoms with Gasteiger partial charge >= 0.3 is 0 Å². The van der Waals surface area contributed by atoms with Crippen LogP contribution in [0.5, 0.6) is 11.5 Å². The third kappa shape index (κ3) is 3.99. The van der Waals surface area contributed by atoms with Crippen LogP contribution in [-0.2, 0) is 12.1 Å². The average Bonchev–Trinajstić information content (AvgIpc) is 2.92. The monoisotopic (exact) mass is 399 g/mol. The largest absolute Gasteiger partial charge is 0.493 e. The summed E-state index contributed by atoms with van der Waals surface area (Å²) in [5, 5.41) is 11.3. The van der Waals surface area contributed by atoms with Gasteiger partial charge in [0.25, 0.3) is 0 Å². The van der Waals surface area contributed by atoms with Gasteiger partial charge in [-0.25, -0.2) is 4.39 Å². The lowest BCUT2D eigenvalue weighted by molar-refractivity contribution is -0.0615. The Kier molecular flexibility index (Phi) is 5.54. The number of piperidine rings is 1. The zero-order chi connectivity index (χ0) is 20.6. The van der Waals surface area contributed by atoms with E-state index in [0.29, 0.717) is 18.4 Å². The van der Waals surface area contributed by atoms with E-state index in [0.717, 1.165) is 36.4 Å². The Labute approximate surface area is 172 Å². The van der Waals surface area contributed by atoms with Crippen molar-refractivity contribution in [3.05, 3.63) is 59.4 Å². The molecule has 2 saturated heterocycles. The van der Waals surface area contributed by atoms with Gasteiger partial charge in [-0.05, 0) is 63.3 Å². The van der Waals surface area contributed by atoms with Crippen LogP contribution >= 0.6 is 0 Å². The third-order valence-corrected chi connectivity index (χ3v) is 6.25. The van der Waals surface area contributed by atoms with E-state index in [1.54, 1.807) is 25.3 Å². The number of rotatable bonds is 6. The molecular formula is C24H30FNO3. The van der Waals surface area contributed by atoms with E-state index in [4.69, 9.17) is 9.47 Å². The van der Waals surface area contributed by atoms with Crippen LogP contribution in [0.4, 0.5) is 4.39 Å².